The van der Waals surface area contributed by atoms with Gasteiger partial charge in [0.05, 0.1) is 12.1 Å². The maximum atomic E-state index is 14.3. The Labute approximate surface area is 197 Å². The lowest BCUT2D eigenvalue weighted by Gasteiger charge is -2.15. The molecule has 1 aliphatic rings. The number of halogens is 3. The van der Waals surface area contributed by atoms with Crippen LogP contribution in [0.15, 0.2) is 66.7 Å². The van der Waals surface area contributed by atoms with Crippen molar-refractivity contribution in [3.05, 3.63) is 89.2 Å². The molecular weight excluding hydrogens is 465 g/mol. The molecule has 0 fully saturated rings. The first-order valence-electron chi connectivity index (χ1n) is 10.5. The molecule has 3 aromatic rings. The highest BCUT2D eigenvalue weighted by atomic mass is 19.3. The number of carboxylic acid groups (broad SMARTS) is 1. The fraction of sp³-hybridized carbons (Fsp3) is 0.160. The summed E-state index contributed by atoms with van der Waals surface area (Å²) in [6.45, 7) is -1.46. The number of rotatable bonds is 7. The summed E-state index contributed by atoms with van der Waals surface area (Å²) in [6.07, 6.45) is -0.843. The Bertz CT molecular complexity index is 1270. The van der Waals surface area contributed by atoms with Gasteiger partial charge in [-0.1, -0.05) is 48.5 Å². The number of carbonyl (C=O) groups is 3. The minimum absolute atomic E-state index is 0.0212. The van der Waals surface area contributed by atoms with E-state index in [0.29, 0.717) is 0 Å². The average molecular weight is 484 g/mol. The molecule has 3 N–H and O–H groups in total. The molecule has 7 nitrogen and oxygen atoms in total. The largest absolute Gasteiger partial charge is 0.477 e. The summed E-state index contributed by atoms with van der Waals surface area (Å²) < 4.78 is 45.9. The van der Waals surface area contributed by atoms with E-state index in [1.54, 1.807) is 5.32 Å². The number of fused-ring (bicyclic) bond motifs is 3. The van der Waals surface area contributed by atoms with Gasteiger partial charge in [0.25, 0.3) is 5.91 Å². The fourth-order valence-corrected chi connectivity index (χ4v) is 3.89. The van der Waals surface area contributed by atoms with E-state index in [2.05, 4.69) is 5.32 Å². The summed E-state index contributed by atoms with van der Waals surface area (Å²) in [5.41, 5.74) is 3.56. The van der Waals surface area contributed by atoms with Gasteiger partial charge >= 0.3 is 18.0 Å². The van der Waals surface area contributed by atoms with E-state index in [4.69, 9.17) is 9.84 Å². The number of carbonyl (C=O) groups excluding carboxylic acids is 2. The molecule has 2 amide bonds. The highest BCUT2D eigenvalue weighted by molar-refractivity contribution is 5.96. The Morgan fingerprint density at radius 2 is 1.54 bits per heavy atom. The average Bonchev–Trinajstić information content (AvgIpc) is 3.15. The van der Waals surface area contributed by atoms with Crippen LogP contribution in [0.1, 0.15) is 27.4 Å². The second-order valence-corrected chi connectivity index (χ2v) is 7.84. The van der Waals surface area contributed by atoms with E-state index in [0.717, 1.165) is 34.4 Å². The van der Waals surface area contributed by atoms with Crippen LogP contribution in [0.3, 0.4) is 0 Å². The Morgan fingerprint density at radius 1 is 0.943 bits per heavy atom. The topological polar surface area (TPSA) is 105 Å². The number of benzene rings is 3. The van der Waals surface area contributed by atoms with Gasteiger partial charge in [-0.2, -0.15) is 8.78 Å². The zero-order chi connectivity index (χ0) is 25.2. The summed E-state index contributed by atoms with van der Waals surface area (Å²) in [4.78, 5) is 34.7. The molecule has 35 heavy (non-hydrogen) atoms. The zero-order valence-electron chi connectivity index (χ0n) is 18.1. The number of nitrogens with one attached hydrogen (secondary N) is 2. The zero-order valence-corrected chi connectivity index (χ0v) is 18.1. The van der Waals surface area contributed by atoms with Crippen LogP contribution < -0.4 is 10.6 Å². The van der Waals surface area contributed by atoms with Crippen LogP contribution in [0.2, 0.25) is 0 Å². The van der Waals surface area contributed by atoms with Crippen LogP contribution in [0, 0.1) is 5.82 Å². The third-order valence-corrected chi connectivity index (χ3v) is 5.59. The summed E-state index contributed by atoms with van der Waals surface area (Å²) in [7, 11) is 0. The molecule has 0 aliphatic heterocycles. The molecule has 1 aliphatic carbocycles. The van der Waals surface area contributed by atoms with Gasteiger partial charge in [0.15, 0.2) is 0 Å². The molecule has 10 heteroatoms. The lowest BCUT2D eigenvalue weighted by molar-refractivity contribution is -0.163. The molecule has 4 rings (SSSR count). The Morgan fingerprint density at radius 3 is 2.11 bits per heavy atom. The van der Waals surface area contributed by atoms with Gasteiger partial charge in [-0.25, -0.2) is 14.0 Å². The molecule has 0 bridgehead atoms. The van der Waals surface area contributed by atoms with Crippen LogP contribution in [0.4, 0.5) is 23.7 Å². The number of anilines is 1. The molecule has 0 heterocycles. The van der Waals surface area contributed by atoms with E-state index in [9.17, 15) is 27.6 Å². The van der Waals surface area contributed by atoms with Gasteiger partial charge in [-0.15, -0.1) is 0 Å². The third kappa shape index (κ3) is 4.96. The fourth-order valence-electron chi connectivity index (χ4n) is 3.89. The second-order valence-electron chi connectivity index (χ2n) is 7.84. The van der Waals surface area contributed by atoms with Crippen LogP contribution >= 0.6 is 0 Å². The SMILES string of the molecule is O=C(Nc1ccc(C(=O)NCC(F)(F)C(=O)O)c(F)c1)OCC1c2ccccc2-c2ccccc21. The van der Waals surface area contributed by atoms with Crippen LogP contribution in [0.25, 0.3) is 11.1 Å². The van der Waals surface area contributed by atoms with Crippen molar-refractivity contribution in [3.63, 3.8) is 0 Å². The van der Waals surface area contributed by atoms with Gasteiger partial charge in [0.1, 0.15) is 12.4 Å². The molecule has 0 radical (unpaired) electrons. The van der Waals surface area contributed by atoms with Crippen LogP contribution in [-0.2, 0) is 9.53 Å². The van der Waals surface area contributed by atoms with Gasteiger partial charge < -0.3 is 15.2 Å². The maximum Gasteiger partial charge on any atom is 0.411 e. The molecule has 0 spiro atoms. The monoisotopic (exact) mass is 484 g/mol. The number of hydrogen-bond donors (Lipinski definition) is 3. The molecule has 0 saturated carbocycles. The standard InChI is InChI=1S/C25H19F3N2O5/c26-21-11-14(9-10-19(21)22(31)29-13-25(27,28)23(32)33)30-24(34)35-12-20-17-7-3-1-5-15(17)16-6-2-4-8-18(16)20/h1-11,20H,12-13H2,(H,29,31)(H,30,34)(H,32,33). The minimum Gasteiger partial charge on any atom is -0.477 e. The lowest BCUT2D eigenvalue weighted by atomic mass is 9.98. The number of ether oxygens (including phenoxy) is 1. The van der Waals surface area contributed by atoms with Crippen molar-refractivity contribution >= 4 is 23.7 Å². The van der Waals surface area contributed by atoms with Crippen molar-refractivity contribution in [1.82, 2.24) is 5.32 Å². The predicted molar refractivity (Wildman–Crippen MR) is 120 cm³/mol. The van der Waals surface area contributed by atoms with E-state index in [-0.39, 0.29) is 18.2 Å². The molecule has 0 saturated heterocycles. The van der Waals surface area contributed by atoms with E-state index in [1.165, 1.54) is 6.07 Å². The van der Waals surface area contributed by atoms with Crippen molar-refractivity contribution in [2.75, 3.05) is 18.5 Å². The summed E-state index contributed by atoms with van der Waals surface area (Å²) in [6, 6.07) is 18.6. The number of amides is 2. The molecule has 180 valence electrons. The van der Waals surface area contributed by atoms with Crippen molar-refractivity contribution in [3.8, 4) is 11.1 Å². The summed E-state index contributed by atoms with van der Waals surface area (Å²) in [5.74, 6) is -9.10. The first-order valence-corrected chi connectivity index (χ1v) is 10.5. The minimum atomic E-state index is -4.20. The first-order chi connectivity index (χ1) is 16.7. The highest BCUT2D eigenvalue weighted by Crippen LogP contribution is 2.44. The quantitative estimate of drug-likeness (QED) is 0.453. The number of alkyl halides is 2. The predicted octanol–water partition coefficient (Wildman–Crippen LogP) is 4.64. The Balaban J connectivity index is 1.37. The number of hydrogen-bond acceptors (Lipinski definition) is 4. The lowest BCUT2D eigenvalue weighted by Crippen LogP contribution is -2.42. The van der Waals surface area contributed by atoms with Crippen molar-refractivity contribution < 1.29 is 37.4 Å². The molecule has 0 atom stereocenters. The molecule has 0 unspecified atom stereocenters. The van der Waals surface area contributed by atoms with Crippen molar-refractivity contribution in [2.45, 2.75) is 11.8 Å². The van der Waals surface area contributed by atoms with E-state index in [1.807, 2.05) is 48.5 Å². The first kappa shape index (κ1) is 23.8. The maximum absolute atomic E-state index is 14.3. The Hall–Kier alpha value is -4.34. The van der Waals surface area contributed by atoms with Gasteiger partial charge in [0, 0.05) is 11.6 Å². The highest BCUT2D eigenvalue weighted by Gasteiger charge is 2.39. The van der Waals surface area contributed by atoms with Crippen molar-refractivity contribution in [2.24, 2.45) is 0 Å². The van der Waals surface area contributed by atoms with Gasteiger partial charge in [0.2, 0.25) is 0 Å². The number of carboxylic acids is 1. The summed E-state index contributed by atoms with van der Waals surface area (Å²) in [5, 5.41) is 12.4. The van der Waals surface area contributed by atoms with E-state index < -0.39 is 41.8 Å². The van der Waals surface area contributed by atoms with Gasteiger partial charge in [-0.05, 0) is 40.5 Å². The number of aliphatic carboxylic acids is 1. The van der Waals surface area contributed by atoms with Gasteiger partial charge in [-0.3, -0.25) is 10.1 Å². The third-order valence-electron chi connectivity index (χ3n) is 5.59. The van der Waals surface area contributed by atoms with Crippen LogP contribution in [-0.4, -0.2) is 42.2 Å². The van der Waals surface area contributed by atoms with E-state index >= 15 is 0 Å². The summed E-state index contributed by atoms with van der Waals surface area (Å²) >= 11 is 0. The molecular formula is C25H19F3N2O5. The normalized spacial score (nSPS) is 12.4. The second kappa shape index (κ2) is 9.49. The smallest absolute Gasteiger partial charge is 0.411 e. The molecule has 0 aromatic heterocycles. The van der Waals surface area contributed by atoms with Crippen LogP contribution in [0.5, 0.6) is 0 Å². The Kier molecular flexibility index (Phi) is 6.46. The van der Waals surface area contributed by atoms with Crippen molar-refractivity contribution in [1.29, 1.82) is 0 Å². The molecule has 3 aromatic carbocycles.